The molecule has 100 valence electrons. The topological polar surface area (TPSA) is 58.4 Å². The number of carbonyl (C=O) groups excluding carboxylic acids is 1. The maximum absolute atomic E-state index is 12.1. The first-order chi connectivity index (χ1) is 8.45. The summed E-state index contributed by atoms with van der Waals surface area (Å²) in [6, 6.07) is 5.62. The van der Waals surface area contributed by atoms with E-state index in [9.17, 15) is 4.79 Å². The number of benzene rings is 1. The molecule has 0 aromatic heterocycles. The van der Waals surface area contributed by atoms with Gasteiger partial charge in [0.1, 0.15) is 0 Å². The Morgan fingerprint density at radius 1 is 1.50 bits per heavy atom. The van der Waals surface area contributed by atoms with E-state index in [1.165, 1.54) is 0 Å². The number of anilines is 2. The highest BCUT2D eigenvalue weighted by atomic mass is 32.2. The Morgan fingerprint density at radius 3 is 2.72 bits per heavy atom. The third-order valence-electron chi connectivity index (χ3n) is 2.50. The fourth-order valence-corrected chi connectivity index (χ4v) is 2.25. The van der Waals surface area contributed by atoms with E-state index in [-0.39, 0.29) is 11.9 Å². The number of hydrogen-bond acceptors (Lipinski definition) is 4. The Kier molecular flexibility index (Phi) is 5.34. The van der Waals surface area contributed by atoms with Gasteiger partial charge in [-0.05, 0) is 31.4 Å². The van der Waals surface area contributed by atoms with E-state index >= 15 is 0 Å². The first-order valence-corrected chi connectivity index (χ1v) is 7.21. The number of nitrogens with two attached hydrogens (primary N) is 1. The molecule has 0 heterocycles. The van der Waals surface area contributed by atoms with Crippen molar-refractivity contribution >= 4 is 29.0 Å². The Balaban J connectivity index is 3.00. The number of nitrogen functional groups attached to an aromatic ring is 1. The van der Waals surface area contributed by atoms with Crippen LogP contribution in [0, 0.1) is 0 Å². The van der Waals surface area contributed by atoms with Gasteiger partial charge in [0, 0.05) is 37.3 Å². The highest BCUT2D eigenvalue weighted by Crippen LogP contribution is 2.21. The summed E-state index contributed by atoms with van der Waals surface area (Å²) >= 11 is 1.76. The summed E-state index contributed by atoms with van der Waals surface area (Å²) in [5.41, 5.74) is 7.90. The summed E-state index contributed by atoms with van der Waals surface area (Å²) in [5, 5.41) is 3.34. The minimum atomic E-state index is -0.0196. The monoisotopic (exact) mass is 267 g/mol. The molecule has 1 amide bonds. The average molecular weight is 267 g/mol. The zero-order chi connectivity index (χ0) is 13.7. The summed E-state index contributed by atoms with van der Waals surface area (Å²) in [5.74, 6) is 0.957. The SMILES string of the molecule is CSCC(C)Nc1cc(N)ccc1C(=O)N(C)C. The molecule has 3 N–H and O–H groups in total. The smallest absolute Gasteiger partial charge is 0.255 e. The zero-order valence-corrected chi connectivity index (χ0v) is 12.2. The van der Waals surface area contributed by atoms with E-state index in [4.69, 9.17) is 5.73 Å². The van der Waals surface area contributed by atoms with Gasteiger partial charge in [-0.25, -0.2) is 0 Å². The van der Waals surface area contributed by atoms with Crippen molar-refractivity contribution in [1.82, 2.24) is 4.90 Å². The van der Waals surface area contributed by atoms with Crippen LogP contribution >= 0.6 is 11.8 Å². The van der Waals surface area contributed by atoms with E-state index in [2.05, 4.69) is 18.5 Å². The Bertz CT molecular complexity index is 421. The lowest BCUT2D eigenvalue weighted by atomic mass is 10.1. The number of thioether (sulfide) groups is 1. The standard InChI is InChI=1S/C13H21N3OS/c1-9(8-18-4)15-12-7-10(14)5-6-11(12)13(17)16(2)3/h5-7,9,15H,8,14H2,1-4H3. The zero-order valence-electron chi connectivity index (χ0n) is 11.4. The van der Waals surface area contributed by atoms with E-state index in [0.29, 0.717) is 11.3 Å². The van der Waals surface area contributed by atoms with Crippen LogP contribution in [-0.2, 0) is 0 Å². The molecule has 0 aliphatic carbocycles. The van der Waals surface area contributed by atoms with Crippen molar-refractivity contribution in [2.24, 2.45) is 0 Å². The molecule has 0 fully saturated rings. The Hall–Kier alpha value is -1.36. The maximum Gasteiger partial charge on any atom is 0.255 e. The molecule has 4 nitrogen and oxygen atoms in total. The minimum absolute atomic E-state index is 0.0196. The predicted octanol–water partition coefficient (Wildman–Crippen LogP) is 2.13. The molecule has 1 rings (SSSR count). The second kappa shape index (κ2) is 6.54. The molecule has 0 radical (unpaired) electrons. The Labute approximate surface area is 113 Å². The molecule has 1 aromatic rings. The molecule has 1 unspecified atom stereocenters. The molecule has 0 aliphatic heterocycles. The first-order valence-electron chi connectivity index (χ1n) is 5.82. The second-order valence-corrected chi connectivity index (χ2v) is 5.42. The highest BCUT2D eigenvalue weighted by Gasteiger charge is 2.14. The van der Waals surface area contributed by atoms with Gasteiger partial charge in [0.2, 0.25) is 0 Å². The minimum Gasteiger partial charge on any atom is -0.399 e. The molecule has 1 atom stereocenters. The molecule has 5 heteroatoms. The van der Waals surface area contributed by atoms with Crippen molar-refractivity contribution in [3.05, 3.63) is 23.8 Å². The van der Waals surface area contributed by atoms with Gasteiger partial charge in [-0.3, -0.25) is 4.79 Å². The van der Waals surface area contributed by atoms with Gasteiger partial charge in [-0.2, -0.15) is 11.8 Å². The van der Waals surface area contributed by atoms with Crippen molar-refractivity contribution in [3.63, 3.8) is 0 Å². The third kappa shape index (κ3) is 3.84. The van der Waals surface area contributed by atoms with Crippen molar-refractivity contribution < 1.29 is 4.79 Å². The van der Waals surface area contributed by atoms with Crippen molar-refractivity contribution in [2.75, 3.05) is 37.2 Å². The fourth-order valence-electron chi connectivity index (χ4n) is 1.67. The number of amides is 1. The number of nitrogens with one attached hydrogen (secondary N) is 1. The number of rotatable bonds is 5. The van der Waals surface area contributed by atoms with Crippen molar-refractivity contribution in [1.29, 1.82) is 0 Å². The molecule has 0 saturated carbocycles. The summed E-state index contributed by atoms with van der Waals surface area (Å²) in [7, 11) is 3.49. The van der Waals surface area contributed by atoms with Crippen LogP contribution in [-0.4, -0.2) is 43.0 Å². The summed E-state index contributed by atoms with van der Waals surface area (Å²) in [6.45, 7) is 2.09. The van der Waals surface area contributed by atoms with Gasteiger partial charge in [0.25, 0.3) is 5.91 Å². The largest absolute Gasteiger partial charge is 0.399 e. The van der Waals surface area contributed by atoms with E-state index in [0.717, 1.165) is 11.4 Å². The number of hydrogen-bond donors (Lipinski definition) is 2. The van der Waals surface area contributed by atoms with E-state index in [1.807, 2.05) is 6.07 Å². The number of nitrogens with zero attached hydrogens (tertiary/aromatic N) is 1. The molecular weight excluding hydrogens is 246 g/mol. The molecule has 18 heavy (non-hydrogen) atoms. The Morgan fingerprint density at radius 2 is 2.17 bits per heavy atom. The van der Waals surface area contributed by atoms with Crippen LogP contribution in [0.5, 0.6) is 0 Å². The van der Waals surface area contributed by atoms with Crippen molar-refractivity contribution in [3.8, 4) is 0 Å². The van der Waals surface area contributed by atoms with Crippen LogP contribution in [0.4, 0.5) is 11.4 Å². The van der Waals surface area contributed by atoms with Crippen LogP contribution in [0.3, 0.4) is 0 Å². The first kappa shape index (κ1) is 14.7. The lowest BCUT2D eigenvalue weighted by molar-refractivity contribution is 0.0828. The van der Waals surface area contributed by atoms with E-state index in [1.54, 1.807) is 42.9 Å². The molecule has 0 saturated heterocycles. The summed E-state index contributed by atoms with van der Waals surface area (Å²) in [6.07, 6.45) is 2.06. The van der Waals surface area contributed by atoms with Crippen LogP contribution < -0.4 is 11.1 Å². The molecule has 0 bridgehead atoms. The summed E-state index contributed by atoms with van der Waals surface area (Å²) < 4.78 is 0. The van der Waals surface area contributed by atoms with E-state index < -0.39 is 0 Å². The summed E-state index contributed by atoms with van der Waals surface area (Å²) in [4.78, 5) is 13.6. The van der Waals surface area contributed by atoms with Gasteiger partial charge in [-0.15, -0.1) is 0 Å². The van der Waals surface area contributed by atoms with Gasteiger partial charge < -0.3 is 16.0 Å². The van der Waals surface area contributed by atoms with Crippen LogP contribution in [0.1, 0.15) is 17.3 Å². The van der Waals surface area contributed by atoms with Gasteiger partial charge >= 0.3 is 0 Å². The highest BCUT2D eigenvalue weighted by molar-refractivity contribution is 7.98. The molecule has 0 aliphatic rings. The van der Waals surface area contributed by atoms with Crippen LogP contribution in [0.15, 0.2) is 18.2 Å². The molecule has 1 aromatic carbocycles. The van der Waals surface area contributed by atoms with Gasteiger partial charge in [0.05, 0.1) is 5.56 Å². The lowest BCUT2D eigenvalue weighted by Crippen LogP contribution is -2.25. The molecule has 0 spiro atoms. The normalized spacial score (nSPS) is 12.0. The van der Waals surface area contributed by atoms with Crippen LogP contribution in [0.25, 0.3) is 0 Å². The second-order valence-electron chi connectivity index (χ2n) is 4.51. The maximum atomic E-state index is 12.1. The molecular formula is C13H21N3OS. The fraction of sp³-hybridized carbons (Fsp3) is 0.462. The lowest BCUT2D eigenvalue weighted by Gasteiger charge is -2.19. The average Bonchev–Trinajstić information content (AvgIpc) is 2.28. The van der Waals surface area contributed by atoms with Gasteiger partial charge in [0.15, 0.2) is 0 Å². The third-order valence-corrected chi connectivity index (χ3v) is 3.33. The van der Waals surface area contributed by atoms with Crippen molar-refractivity contribution in [2.45, 2.75) is 13.0 Å². The predicted molar refractivity (Wildman–Crippen MR) is 80.3 cm³/mol. The van der Waals surface area contributed by atoms with Gasteiger partial charge in [-0.1, -0.05) is 0 Å². The van der Waals surface area contributed by atoms with Crippen LogP contribution in [0.2, 0.25) is 0 Å². The quantitative estimate of drug-likeness (QED) is 0.802. The number of carbonyl (C=O) groups is 1.